The number of hydrogen-bond acceptors (Lipinski definition) is 4. The number of nitrogens with one attached hydrogen (secondary N) is 1. The number of carbonyl (C=O) groups excluding carboxylic acids is 3. The summed E-state index contributed by atoms with van der Waals surface area (Å²) < 4.78 is 0. The Hall–Kier alpha value is -3.22. The Morgan fingerprint density at radius 2 is 1.96 bits per heavy atom. The minimum Gasteiger partial charge on any atom is -0.350 e. The largest absolute Gasteiger partial charge is 0.350 e. The van der Waals surface area contributed by atoms with Gasteiger partial charge in [-0.05, 0) is 37.6 Å². The van der Waals surface area contributed by atoms with Crippen LogP contribution in [0.1, 0.15) is 42.2 Å². The lowest BCUT2D eigenvalue weighted by molar-refractivity contribution is -0.121. The highest BCUT2D eigenvalue weighted by Crippen LogP contribution is 2.43. The summed E-state index contributed by atoms with van der Waals surface area (Å²) in [5.74, 6) is -0.287. The summed E-state index contributed by atoms with van der Waals surface area (Å²) in [6, 6.07) is 12.7. The van der Waals surface area contributed by atoms with Crippen molar-refractivity contribution >= 4 is 23.4 Å². The molecule has 7 nitrogen and oxygen atoms in total. The van der Waals surface area contributed by atoms with Crippen molar-refractivity contribution in [3.05, 3.63) is 59.9 Å². The summed E-state index contributed by atoms with van der Waals surface area (Å²) >= 11 is 0. The number of hydrogen-bond donors (Lipinski definition) is 1. The van der Waals surface area contributed by atoms with Crippen LogP contribution in [-0.2, 0) is 16.1 Å². The predicted octanol–water partition coefficient (Wildman–Crippen LogP) is 2.09. The van der Waals surface area contributed by atoms with Crippen LogP contribution >= 0.6 is 0 Å². The highest BCUT2D eigenvalue weighted by Gasteiger charge is 2.52. The zero-order valence-electron chi connectivity index (χ0n) is 15.7. The molecule has 1 atom stereocenters. The summed E-state index contributed by atoms with van der Waals surface area (Å²) in [6.07, 6.45) is 2.79. The van der Waals surface area contributed by atoms with Gasteiger partial charge in [0, 0.05) is 25.6 Å². The lowest BCUT2D eigenvalue weighted by atomic mass is 9.98. The smallest absolute Gasteiger partial charge is 0.257 e. The van der Waals surface area contributed by atoms with Gasteiger partial charge >= 0.3 is 0 Å². The Morgan fingerprint density at radius 3 is 2.75 bits per heavy atom. The molecule has 2 aromatic rings. The minimum atomic E-state index is -0.732. The Bertz CT molecular complexity index is 930. The molecule has 0 spiro atoms. The second kappa shape index (κ2) is 7.07. The number of para-hydroxylation sites is 1. The van der Waals surface area contributed by atoms with Crippen LogP contribution in [0.25, 0.3) is 0 Å². The molecule has 1 aromatic carbocycles. The van der Waals surface area contributed by atoms with Gasteiger partial charge in [-0.25, -0.2) is 0 Å². The molecule has 144 valence electrons. The van der Waals surface area contributed by atoms with E-state index in [1.54, 1.807) is 28.1 Å². The summed E-state index contributed by atoms with van der Waals surface area (Å²) in [5, 5.41) is 2.83. The number of rotatable bonds is 5. The average molecular weight is 378 g/mol. The molecule has 3 heterocycles. The molecule has 1 aromatic heterocycles. The standard InChI is InChI=1S/C21H22N4O3/c1-21-11-9-19(27)25(21)17-8-3-2-7-16(17)20(28)24(21)13-10-18(26)23-14-15-6-4-5-12-22-15/h2-8,12H,9-11,13-14H2,1H3,(H,23,26). The minimum absolute atomic E-state index is 0.00653. The van der Waals surface area contributed by atoms with Crippen LogP contribution in [-0.4, -0.2) is 39.8 Å². The van der Waals surface area contributed by atoms with Crippen LogP contribution in [0.4, 0.5) is 5.69 Å². The van der Waals surface area contributed by atoms with Crippen molar-refractivity contribution < 1.29 is 14.4 Å². The normalized spacial score (nSPS) is 20.8. The summed E-state index contributed by atoms with van der Waals surface area (Å²) in [6.45, 7) is 2.50. The molecule has 1 fully saturated rings. The van der Waals surface area contributed by atoms with Gasteiger partial charge in [-0.15, -0.1) is 0 Å². The Balaban J connectivity index is 1.49. The maximum Gasteiger partial charge on any atom is 0.257 e. The van der Waals surface area contributed by atoms with E-state index in [9.17, 15) is 14.4 Å². The van der Waals surface area contributed by atoms with Gasteiger partial charge in [0.05, 0.1) is 23.5 Å². The number of aromatic nitrogens is 1. The molecule has 0 saturated carbocycles. The number of carbonyl (C=O) groups is 3. The van der Waals surface area contributed by atoms with Crippen molar-refractivity contribution in [3.63, 3.8) is 0 Å². The number of anilines is 1. The number of fused-ring (bicyclic) bond motifs is 3. The van der Waals surface area contributed by atoms with E-state index >= 15 is 0 Å². The van der Waals surface area contributed by atoms with E-state index in [1.165, 1.54) is 0 Å². The fourth-order valence-electron chi connectivity index (χ4n) is 4.04. The molecule has 0 radical (unpaired) electrons. The van der Waals surface area contributed by atoms with Gasteiger partial charge in [0.2, 0.25) is 11.8 Å². The Morgan fingerprint density at radius 1 is 1.18 bits per heavy atom. The molecule has 7 heteroatoms. The lowest BCUT2D eigenvalue weighted by Crippen LogP contribution is -2.62. The molecule has 2 aliphatic heterocycles. The van der Waals surface area contributed by atoms with Crippen LogP contribution in [0, 0.1) is 0 Å². The lowest BCUT2D eigenvalue weighted by Gasteiger charge is -2.48. The fourth-order valence-corrected chi connectivity index (χ4v) is 4.04. The Kier molecular flexibility index (Phi) is 4.58. The van der Waals surface area contributed by atoms with E-state index in [4.69, 9.17) is 0 Å². The number of pyridine rings is 1. The van der Waals surface area contributed by atoms with Crippen molar-refractivity contribution in [3.8, 4) is 0 Å². The van der Waals surface area contributed by atoms with Crippen molar-refractivity contribution in [1.29, 1.82) is 0 Å². The van der Waals surface area contributed by atoms with Crippen LogP contribution < -0.4 is 10.2 Å². The molecule has 2 aliphatic rings. The van der Waals surface area contributed by atoms with Crippen molar-refractivity contribution in [2.75, 3.05) is 11.4 Å². The van der Waals surface area contributed by atoms with E-state index in [0.717, 1.165) is 5.69 Å². The van der Waals surface area contributed by atoms with Crippen molar-refractivity contribution in [2.45, 2.75) is 38.4 Å². The predicted molar refractivity (Wildman–Crippen MR) is 103 cm³/mol. The highest BCUT2D eigenvalue weighted by atomic mass is 16.2. The maximum atomic E-state index is 13.1. The summed E-state index contributed by atoms with van der Waals surface area (Å²) in [5.41, 5.74) is 1.21. The van der Waals surface area contributed by atoms with Gasteiger partial charge in [0.15, 0.2) is 0 Å². The maximum absolute atomic E-state index is 13.1. The first-order valence-electron chi connectivity index (χ1n) is 9.41. The zero-order valence-corrected chi connectivity index (χ0v) is 15.7. The van der Waals surface area contributed by atoms with E-state index in [-0.39, 0.29) is 30.7 Å². The van der Waals surface area contributed by atoms with Gasteiger partial charge in [0.25, 0.3) is 5.91 Å². The van der Waals surface area contributed by atoms with E-state index in [1.807, 2.05) is 37.3 Å². The third kappa shape index (κ3) is 3.02. The van der Waals surface area contributed by atoms with Gasteiger partial charge < -0.3 is 10.2 Å². The molecule has 1 saturated heterocycles. The monoisotopic (exact) mass is 378 g/mol. The van der Waals surface area contributed by atoms with Crippen LogP contribution in [0.5, 0.6) is 0 Å². The molecule has 0 bridgehead atoms. The number of benzene rings is 1. The SMILES string of the molecule is CC12CCC(=O)N1c1ccccc1C(=O)N2CCC(=O)NCc1ccccn1. The van der Waals surface area contributed by atoms with Gasteiger partial charge in [-0.3, -0.25) is 24.3 Å². The second-order valence-corrected chi connectivity index (χ2v) is 7.27. The topological polar surface area (TPSA) is 82.6 Å². The molecular formula is C21H22N4O3. The van der Waals surface area contributed by atoms with Crippen LogP contribution in [0.2, 0.25) is 0 Å². The Labute approximate surface area is 163 Å². The number of nitrogens with zero attached hydrogens (tertiary/aromatic N) is 3. The van der Waals surface area contributed by atoms with Crippen LogP contribution in [0.3, 0.4) is 0 Å². The van der Waals surface area contributed by atoms with E-state index in [0.29, 0.717) is 30.6 Å². The fraction of sp³-hybridized carbons (Fsp3) is 0.333. The third-order valence-electron chi connectivity index (χ3n) is 5.50. The van der Waals surface area contributed by atoms with Gasteiger partial charge in [-0.2, -0.15) is 0 Å². The van der Waals surface area contributed by atoms with Gasteiger partial charge in [0.1, 0.15) is 5.66 Å². The molecule has 3 amide bonds. The summed E-state index contributed by atoms with van der Waals surface area (Å²) in [7, 11) is 0. The first-order valence-corrected chi connectivity index (χ1v) is 9.41. The second-order valence-electron chi connectivity index (χ2n) is 7.27. The zero-order chi connectivity index (χ0) is 19.7. The van der Waals surface area contributed by atoms with E-state index < -0.39 is 5.66 Å². The first-order chi connectivity index (χ1) is 13.5. The van der Waals surface area contributed by atoms with Crippen molar-refractivity contribution in [1.82, 2.24) is 15.2 Å². The number of amides is 3. The van der Waals surface area contributed by atoms with Crippen molar-refractivity contribution in [2.24, 2.45) is 0 Å². The van der Waals surface area contributed by atoms with Crippen LogP contribution in [0.15, 0.2) is 48.7 Å². The van der Waals surface area contributed by atoms with E-state index in [2.05, 4.69) is 10.3 Å². The highest BCUT2D eigenvalue weighted by molar-refractivity contribution is 6.10. The molecule has 1 N–H and O–H groups in total. The summed E-state index contributed by atoms with van der Waals surface area (Å²) in [4.78, 5) is 45.5. The molecule has 4 rings (SSSR count). The van der Waals surface area contributed by atoms with Gasteiger partial charge in [-0.1, -0.05) is 18.2 Å². The quantitative estimate of drug-likeness (QED) is 0.864. The molecule has 0 aliphatic carbocycles. The average Bonchev–Trinajstić information content (AvgIpc) is 3.02. The molecule has 1 unspecified atom stereocenters. The molecular weight excluding hydrogens is 356 g/mol. The first kappa shape index (κ1) is 18.2. The third-order valence-corrected chi connectivity index (χ3v) is 5.50. The molecule has 28 heavy (non-hydrogen) atoms.